The third-order valence-electron chi connectivity index (χ3n) is 6.73. The Labute approximate surface area is 213 Å². The highest BCUT2D eigenvalue weighted by Gasteiger charge is 2.63. The molecule has 0 bridgehead atoms. The number of carbonyl (C=O) groups excluding carboxylic acids is 3. The number of methoxy groups -OCH3 is 2. The van der Waals surface area contributed by atoms with E-state index in [4.69, 9.17) is 14.2 Å². The van der Waals surface area contributed by atoms with Gasteiger partial charge in [0.2, 0.25) is 0 Å². The van der Waals surface area contributed by atoms with E-state index in [0.717, 1.165) is 5.56 Å². The molecule has 0 aliphatic carbocycles. The molecule has 0 saturated heterocycles. The van der Waals surface area contributed by atoms with Gasteiger partial charge in [0.05, 0.1) is 44.9 Å². The maximum Gasteiger partial charge on any atom is 0.336 e. The van der Waals surface area contributed by atoms with E-state index in [0.29, 0.717) is 11.1 Å². The summed E-state index contributed by atoms with van der Waals surface area (Å²) in [6.45, 7) is 1.60. The van der Waals surface area contributed by atoms with Gasteiger partial charge < -0.3 is 19.1 Å². The Balaban J connectivity index is 2.17. The van der Waals surface area contributed by atoms with Crippen LogP contribution in [0.3, 0.4) is 0 Å². The normalized spacial score (nSPS) is 21.9. The Bertz CT molecular complexity index is 1340. The molecule has 9 heteroatoms. The molecule has 0 amide bonds. The van der Waals surface area contributed by atoms with Gasteiger partial charge in [-0.25, -0.2) is 9.18 Å². The molecule has 2 heterocycles. The van der Waals surface area contributed by atoms with Crippen molar-refractivity contribution in [2.24, 2.45) is 5.41 Å². The molecule has 0 saturated carbocycles. The van der Waals surface area contributed by atoms with Gasteiger partial charge in [0.25, 0.3) is 0 Å². The van der Waals surface area contributed by atoms with Crippen molar-refractivity contribution in [1.29, 1.82) is 5.26 Å². The summed E-state index contributed by atoms with van der Waals surface area (Å²) in [7, 11) is 2.39. The number of carbonyl (C=O) groups is 3. The van der Waals surface area contributed by atoms with Crippen molar-refractivity contribution in [3.8, 4) is 6.07 Å². The smallest absolute Gasteiger partial charge is 0.336 e. The predicted molar refractivity (Wildman–Crippen MR) is 130 cm³/mol. The van der Waals surface area contributed by atoms with Crippen LogP contribution in [0.15, 0.2) is 66.0 Å². The molecule has 2 aromatic carbocycles. The lowest BCUT2D eigenvalue weighted by Gasteiger charge is -2.51. The number of nitrogens with zero attached hydrogens (tertiary/aromatic N) is 2. The lowest BCUT2D eigenvalue weighted by atomic mass is 9.59. The van der Waals surface area contributed by atoms with Crippen molar-refractivity contribution in [3.63, 3.8) is 0 Å². The molecule has 2 aliphatic rings. The van der Waals surface area contributed by atoms with Crippen LogP contribution in [-0.4, -0.2) is 43.6 Å². The number of ether oxygens (including phenoxy) is 3. The molecule has 2 aromatic rings. The van der Waals surface area contributed by atoms with E-state index in [1.165, 1.54) is 38.5 Å². The summed E-state index contributed by atoms with van der Waals surface area (Å²) in [5, 5.41) is 10.8. The van der Waals surface area contributed by atoms with Crippen molar-refractivity contribution < 1.29 is 33.0 Å². The van der Waals surface area contributed by atoms with Gasteiger partial charge in [0.1, 0.15) is 5.82 Å². The minimum Gasteiger partial charge on any atom is -0.469 e. The summed E-state index contributed by atoms with van der Waals surface area (Å²) in [4.78, 5) is 41.4. The first-order valence-electron chi connectivity index (χ1n) is 11.6. The van der Waals surface area contributed by atoms with Gasteiger partial charge in [0, 0.05) is 17.8 Å². The Kier molecular flexibility index (Phi) is 7.11. The van der Waals surface area contributed by atoms with Crippen LogP contribution in [-0.2, 0) is 28.6 Å². The zero-order valence-electron chi connectivity index (χ0n) is 20.6. The lowest BCUT2D eigenvalue weighted by molar-refractivity contribution is -0.157. The van der Waals surface area contributed by atoms with Gasteiger partial charge in [-0.05, 0) is 41.8 Å². The second-order valence-electron chi connectivity index (χ2n) is 8.55. The third-order valence-corrected chi connectivity index (χ3v) is 6.73. The van der Waals surface area contributed by atoms with Crippen LogP contribution >= 0.6 is 0 Å². The first-order chi connectivity index (χ1) is 17.8. The van der Waals surface area contributed by atoms with E-state index in [9.17, 15) is 24.0 Å². The second-order valence-corrected chi connectivity index (χ2v) is 8.55. The van der Waals surface area contributed by atoms with Crippen LogP contribution in [0, 0.1) is 22.6 Å². The summed E-state index contributed by atoms with van der Waals surface area (Å²) < 4.78 is 29.4. The lowest BCUT2D eigenvalue weighted by Crippen LogP contribution is -2.54. The van der Waals surface area contributed by atoms with E-state index in [2.05, 4.69) is 6.07 Å². The van der Waals surface area contributed by atoms with Crippen molar-refractivity contribution in [1.82, 2.24) is 4.90 Å². The predicted octanol–water partition coefficient (Wildman–Crippen LogP) is 4.01. The van der Waals surface area contributed by atoms with E-state index >= 15 is 0 Å². The Hall–Kier alpha value is -4.45. The standard InChI is InChI=1S/C28H25FN2O6/c1-4-37-27(34)28(16-30)24(18-9-11-19(29)12-10-18)23(26(33)36-3)21(15-22(32)35-2)31-14-13-17-7-5-6-8-20(17)25(28)31/h5-14,24-25H,4,15H2,1-3H3/t24-,25-,28+/m0/s1. The zero-order chi connectivity index (χ0) is 26.7. The van der Waals surface area contributed by atoms with Crippen molar-refractivity contribution in [3.05, 3.63) is 88.5 Å². The molecule has 0 radical (unpaired) electrons. The SMILES string of the molecule is CCOC(=O)[C@]1(C#N)[C@@H](c2ccc(F)cc2)C(C(=O)OC)=C(CC(=O)OC)N2C=Cc3ccccc3[C@H]21. The van der Waals surface area contributed by atoms with Crippen LogP contribution < -0.4 is 0 Å². The van der Waals surface area contributed by atoms with Crippen molar-refractivity contribution >= 4 is 24.0 Å². The molecule has 4 rings (SSSR count). The topological polar surface area (TPSA) is 106 Å². The van der Waals surface area contributed by atoms with Crippen molar-refractivity contribution in [2.45, 2.75) is 25.3 Å². The number of hydrogen-bond donors (Lipinski definition) is 0. The van der Waals surface area contributed by atoms with Gasteiger partial charge in [-0.2, -0.15) is 5.26 Å². The molecule has 8 nitrogen and oxygen atoms in total. The molecule has 2 aliphatic heterocycles. The average molecular weight is 505 g/mol. The number of fused-ring (bicyclic) bond motifs is 3. The molecule has 0 aromatic heterocycles. The fraction of sp³-hybridized carbons (Fsp3) is 0.286. The van der Waals surface area contributed by atoms with E-state index < -0.39 is 41.1 Å². The summed E-state index contributed by atoms with van der Waals surface area (Å²) in [6.07, 6.45) is 3.05. The quantitative estimate of drug-likeness (QED) is 0.429. The molecular formula is C28H25FN2O6. The van der Waals surface area contributed by atoms with Crippen LogP contribution in [0.2, 0.25) is 0 Å². The third kappa shape index (κ3) is 4.14. The van der Waals surface area contributed by atoms with Crippen LogP contribution in [0.25, 0.3) is 6.08 Å². The molecule has 3 atom stereocenters. The molecular weight excluding hydrogens is 479 g/mol. The first-order valence-corrected chi connectivity index (χ1v) is 11.6. The first kappa shape index (κ1) is 25.6. The van der Waals surface area contributed by atoms with Gasteiger partial charge in [-0.1, -0.05) is 36.4 Å². The van der Waals surface area contributed by atoms with E-state index in [1.54, 1.807) is 36.2 Å². The highest BCUT2D eigenvalue weighted by molar-refractivity contribution is 5.97. The molecule has 0 N–H and O–H groups in total. The molecule has 0 spiro atoms. The minimum absolute atomic E-state index is 0.0190. The highest BCUT2D eigenvalue weighted by Crippen LogP contribution is 2.59. The number of benzene rings is 2. The number of esters is 3. The Morgan fingerprint density at radius 3 is 2.41 bits per heavy atom. The highest BCUT2D eigenvalue weighted by atomic mass is 19.1. The molecule has 0 fully saturated rings. The largest absolute Gasteiger partial charge is 0.469 e. The monoisotopic (exact) mass is 504 g/mol. The summed E-state index contributed by atoms with van der Waals surface area (Å²) in [6, 6.07) is 13.6. The fourth-order valence-electron chi connectivity index (χ4n) is 5.19. The molecule has 37 heavy (non-hydrogen) atoms. The van der Waals surface area contributed by atoms with E-state index in [1.807, 2.05) is 12.1 Å². The van der Waals surface area contributed by atoms with E-state index in [-0.39, 0.29) is 24.3 Å². The van der Waals surface area contributed by atoms with Gasteiger partial charge >= 0.3 is 17.9 Å². The summed E-state index contributed by atoms with van der Waals surface area (Å²) in [5.74, 6) is -4.14. The zero-order valence-corrected chi connectivity index (χ0v) is 20.6. The van der Waals surface area contributed by atoms with Gasteiger partial charge in [0.15, 0.2) is 5.41 Å². The molecule has 190 valence electrons. The fourth-order valence-corrected chi connectivity index (χ4v) is 5.19. The number of halogens is 1. The van der Waals surface area contributed by atoms with Gasteiger partial charge in [-0.15, -0.1) is 0 Å². The maximum atomic E-state index is 14.0. The second kappa shape index (κ2) is 10.3. The Morgan fingerprint density at radius 2 is 1.78 bits per heavy atom. The van der Waals surface area contributed by atoms with Crippen LogP contribution in [0.5, 0.6) is 0 Å². The van der Waals surface area contributed by atoms with Gasteiger partial charge in [-0.3, -0.25) is 9.59 Å². The van der Waals surface area contributed by atoms with Crippen molar-refractivity contribution in [2.75, 3.05) is 20.8 Å². The van der Waals surface area contributed by atoms with Crippen LogP contribution in [0.4, 0.5) is 4.39 Å². The maximum absolute atomic E-state index is 14.0. The Morgan fingerprint density at radius 1 is 1.08 bits per heavy atom. The van der Waals surface area contributed by atoms with Crippen LogP contribution in [0.1, 0.15) is 42.0 Å². The number of nitriles is 1. The number of hydrogen-bond acceptors (Lipinski definition) is 8. The average Bonchev–Trinajstić information content (AvgIpc) is 2.92. The summed E-state index contributed by atoms with van der Waals surface area (Å²) in [5.41, 5.74) is -0.209. The molecule has 0 unspecified atom stereocenters. The summed E-state index contributed by atoms with van der Waals surface area (Å²) >= 11 is 0. The minimum atomic E-state index is -2.02. The number of rotatable bonds is 6.